The molecule has 7 heteroatoms. The molecule has 0 amide bonds. The van der Waals surface area contributed by atoms with Crippen LogP contribution in [0.25, 0.3) is 0 Å². The van der Waals surface area contributed by atoms with Crippen LogP contribution in [0.15, 0.2) is 0 Å². The molecule has 0 aromatic rings. The fourth-order valence-electron chi connectivity index (χ4n) is 0.727. The van der Waals surface area contributed by atoms with E-state index in [9.17, 15) is 4.79 Å². The van der Waals surface area contributed by atoms with Crippen LogP contribution in [-0.2, 0) is 9.63 Å². The van der Waals surface area contributed by atoms with Gasteiger partial charge >= 0.3 is 5.97 Å². The van der Waals surface area contributed by atoms with Crippen molar-refractivity contribution in [3.05, 3.63) is 0 Å². The van der Waals surface area contributed by atoms with E-state index < -0.39 is 24.7 Å². The number of carbonyl (C=O) groups is 1. The standard InChI is InChI=1S/C6H14N2O5/c7-13-4-6(2-9,3-10)8-1-5(11)12/h8-10H,1-4,7H2,(H,11,12). The number of nitrogens with one attached hydrogen (secondary N) is 1. The molecule has 0 heterocycles. The minimum atomic E-state index is -1.20. The van der Waals surface area contributed by atoms with Gasteiger partial charge in [-0.2, -0.15) is 0 Å². The van der Waals surface area contributed by atoms with Crippen LogP contribution >= 0.6 is 0 Å². The van der Waals surface area contributed by atoms with Crippen molar-refractivity contribution in [2.75, 3.05) is 26.4 Å². The maximum absolute atomic E-state index is 10.2. The van der Waals surface area contributed by atoms with E-state index in [0.29, 0.717) is 0 Å². The lowest BCUT2D eigenvalue weighted by Gasteiger charge is -2.28. The summed E-state index contributed by atoms with van der Waals surface area (Å²) in [5.41, 5.74) is -1.20. The summed E-state index contributed by atoms with van der Waals surface area (Å²) in [6.07, 6.45) is 0. The number of rotatable bonds is 7. The van der Waals surface area contributed by atoms with E-state index in [4.69, 9.17) is 21.2 Å². The van der Waals surface area contributed by atoms with Crippen LogP contribution in [-0.4, -0.2) is 53.2 Å². The average molecular weight is 194 g/mol. The highest BCUT2D eigenvalue weighted by molar-refractivity contribution is 5.69. The predicted octanol–water partition coefficient (Wildman–Crippen LogP) is -2.73. The molecule has 7 nitrogen and oxygen atoms in total. The summed E-state index contributed by atoms with van der Waals surface area (Å²) in [5, 5.41) is 28.5. The molecule has 0 saturated heterocycles. The highest BCUT2D eigenvalue weighted by atomic mass is 16.6. The van der Waals surface area contributed by atoms with Gasteiger partial charge in [0.25, 0.3) is 0 Å². The lowest BCUT2D eigenvalue weighted by atomic mass is 10.0. The first-order valence-corrected chi connectivity index (χ1v) is 3.60. The van der Waals surface area contributed by atoms with Gasteiger partial charge in [0.2, 0.25) is 0 Å². The normalized spacial score (nSPS) is 11.6. The fourth-order valence-corrected chi connectivity index (χ4v) is 0.727. The van der Waals surface area contributed by atoms with Crippen molar-refractivity contribution < 1.29 is 25.0 Å². The maximum Gasteiger partial charge on any atom is 0.317 e. The quantitative estimate of drug-likeness (QED) is 0.279. The lowest BCUT2D eigenvalue weighted by molar-refractivity contribution is -0.136. The van der Waals surface area contributed by atoms with Crippen LogP contribution in [0.1, 0.15) is 0 Å². The van der Waals surface area contributed by atoms with E-state index in [1.165, 1.54) is 0 Å². The Hall–Kier alpha value is -0.730. The maximum atomic E-state index is 10.2. The third-order valence-electron chi connectivity index (χ3n) is 1.58. The Morgan fingerprint density at radius 1 is 1.46 bits per heavy atom. The highest BCUT2D eigenvalue weighted by Gasteiger charge is 2.29. The number of carboxylic acid groups (broad SMARTS) is 1. The fraction of sp³-hybridized carbons (Fsp3) is 0.833. The van der Waals surface area contributed by atoms with Gasteiger partial charge in [-0.25, -0.2) is 5.90 Å². The molecule has 0 saturated carbocycles. The second-order valence-corrected chi connectivity index (χ2v) is 2.65. The summed E-state index contributed by atoms with van der Waals surface area (Å²) in [6.45, 7) is -1.49. The Kier molecular flexibility index (Phi) is 5.51. The van der Waals surface area contributed by atoms with E-state index in [0.717, 1.165) is 0 Å². The summed E-state index contributed by atoms with van der Waals surface area (Å²) >= 11 is 0. The molecule has 0 atom stereocenters. The molecule has 78 valence electrons. The molecule has 0 unspecified atom stereocenters. The Morgan fingerprint density at radius 2 is 2.00 bits per heavy atom. The minimum absolute atomic E-state index is 0.173. The van der Waals surface area contributed by atoms with Gasteiger partial charge in [-0.3, -0.25) is 10.1 Å². The van der Waals surface area contributed by atoms with Crippen molar-refractivity contribution in [3.8, 4) is 0 Å². The van der Waals surface area contributed by atoms with Crippen LogP contribution in [0, 0.1) is 0 Å². The summed E-state index contributed by atoms with van der Waals surface area (Å²) in [4.78, 5) is 14.4. The SMILES string of the molecule is NOCC(CO)(CO)NCC(=O)O. The number of nitrogens with two attached hydrogens (primary N) is 1. The van der Waals surface area contributed by atoms with Gasteiger partial charge in [0, 0.05) is 0 Å². The molecule has 0 aromatic carbocycles. The van der Waals surface area contributed by atoms with Crippen LogP contribution in [0.5, 0.6) is 0 Å². The number of aliphatic hydroxyl groups is 2. The zero-order valence-corrected chi connectivity index (χ0v) is 7.06. The van der Waals surface area contributed by atoms with E-state index in [1.54, 1.807) is 0 Å². The number of hydrogen-bond donors (Lipinski definition) is 5. The van der Waals surface area contributed by atoms with Gasteiger partial charge in [-0.15, -0.1) is 0 Å². The summed E-state index contributed by atoms with van der Waals surface area (Å²) in [5.74, 6) is 3.67. The lowest BCUT2D eigenvalue weighted by Crippen LogP contribution is -2.57. The number of hydrogen-bond acceptors (Lipinski definition) is 6. The number of aliphatic carboxylic acids is 1. The van der Waals surface area contributed by atoms with Crippen LogP contribution in [0.2, 0.25) is 0 Å². The zero-order chi connectivity index (χ0) is 10.3. The molecular formula is C6H14N2O5. The Balaban J connectivity index is 4.12. The molecule has 0 aliphatic rings. The van der Waals surface area contributed by atoms with E-state index in [2.05, 4.69) is 10.2 Å². The third kappa shape index (κ3) is 4.15. The topological polar surface area (TPSA) is 125 Å². The van der Waals surface area contributed by atoms with Crippen molar-refractivity contribution >= 4 is 5.97 Å². The Morgan fingerprint density at radius 3 is 2.31 bits per heavy atom. The molecule has 0 radical (unpaired) electrons. The van der Waals surface area contributed by atoms with Gasteiger partial charge < -0.3 is 20.2 Å². The van der Waals surface area contributed by atoms with E-state index >= 15 is 0 Å². The minimum Gasteiger partial charge on any atom is -0.480 e. The summed E-state index contributed by atoms with van der Waals surface area (Å²) in [6, 6.07) is 0. The van der Waals surface area contributed by atoms with Crippen molar-refractivity contribution in [3.63, 3.8) is 0 Å². The van der Waals surface area contributed by atoms with Crippen LogP contribution in [0.4, 0.5) is 0 Å². The first-order valence-electron chi connectivity index (χ1n) is 3.60. The van der Waals surface area contributed by atoms with Crippen LogP contribution in [0.3, 0.4) is 0 Å². The van der Waals surface area contributed by atoms with Crippen molar-refractivity contribution in [2.45, 2.75) is 5.54 Å². The molecule has 0 aromatic heterocycles. The first-order chi connectivity index (χ1) is 6.10. The van der Waals surface area contributed by atoms with Gasteiger partial charge in [-0.05, 0) is 0 Å². The van der Waals surface area contributed by atoms with Crippen LogP contribution < -0.4 is 11.2 Å². The number of carboxylic acids is 1. The molecule has 0 aliphatic heterocycles. The Labute approximate surface area is 75.1 Å². The van der Waals surface area contributed by atoms with E-state index in [1.807, 2.05) is 0 Å². The summed E-state index contributed by atoms with van der Waals surface area (Å²) in [7, 11) is 0. The average Bonchev–Trinajstić information content (AvgIpc) is 2.12. The largest absolute Gasteiger partial charge is 0.480 e. The Bertz CT molecular complexity index is 159. The number of aliphatic hydroxyl groups excluding tert-OH is 2. The molecule has 0 aliphatic carbocycles. The molecular weight excluding hydrogens is 180 g/mol. The second-order valence-electron chi connectivity index (χ2n) is 2.65. The summed E-state index contributed by atoms with van der Waals surface area (Å²) < 4.78 is 0. The van der Waals surface area contributed by atoms with Gasteiger partial charge in [0.15, 0.2) is 0 Å². The second kappa shape index (κ2) is 5.84. The molecule has 13 heavy (non-hydrogen) atoms. The third-order valence-corrected chi connectivity index (χ3v) is 1.58. The molecule has 0 rings (SSSR count). The van der Waals surface area contributed by atoms with Gasteiger partial charge in [0.05, 0.1) is 31.9 Å². The monoisotopic (exact) mass is 194 g/mol. The molecule has 0 bridgehead atoms. The van der Waals surface area contributed by atoms with Crippen molar-refractivity contribution in [1.29, 1.82) is 0 Å². The van der Waals surface area contributed by atoms with Gasteiger partial charge in [-0.1, -0.05) is 0 Å². The highest BCUT2D eigenvalue weighted by Crippen LogP contribution is 2.01. The van der Waals surface area contributed by atoms with Crippen molar-refractivity contribution in [2.24, 2.45) is 5.90 Å². The smallest absolute Gasteiger partial charge is 0.317 e. The molecule has 0 fully saturated rings. The van der Waals surface area contributed by atoms with Gasteiger partial charge in [0.1, 0.15) is 0 Å². The predicted molar refractivity (Wildman–Crippen MR) is 42.7 cm³/mol. The van der Waals surface area contributed by atoms with Crippen molar-refractivity contribution in [1.82, 2.24) is 5.32 Å². The molecule has 0 spiro atoms. The first kappa shape index (κ1) is 12.3. The zero-order valence-electron chi connectivity index (χ0n) is 7.06. The molecule has 6 N–H and O–H groups in total. The van der Waals surface area contributed by atoms with E-state index in [-0.39, 0.29) is 13.2 Å².